The minimum atomic E-state index is -1.03. The second-order valence-electron chi connectivity index (χ2n) is 5.23. The number of amides is 1. The quantitative estimate of drug-likeness (QED) is 0.574. The van der Waals surface area contributed by atoms with Crippen molar-refractivity contribution in [2.45, 2.75) is 26.4 Å². The number of carbonyl (C=O) groups excluding carboxylic acids is 1. The third-order valence-electron chi connectivity index (χ3n) is 3.47. The van der Waals surface area contributed by atoms with Crippen molar-refractivity contribution in [3.8, 4) is 11.5 Å². The van der Waals surface area contributed by atoms with Gasteiger partial charge in [-0.1, -0.05) is 37.0 Å². The molecule has 134 valence electrons. The first-order chi connectivity index (χ1) is 11.9. The number of carboxylic acids is 1. The summed E-state index contributed by atoms with van der Waals surface area (Å²) >= 11 is 6.35. The SMILES string of the molecule is CCOc1cc(/C=C2/SC(=S)N(C)C2=O)ccc1OC(CC)C(=O)O. The number of hydrogen-bond acceptors (Lipinski definition) is 6. The van der Waals surface area contributed by atoms with Crippen molar-refractivity contribution in [1.82, 2.24) is 4.90 Å². The highest BCUT2D eigenvalue weighted by molar-refractivity contribution is 8.26. The molecule has 1 fully saturated rings. The molecule has 0 aliphatic carbocycles. The molecule has 1 aromatic carbocycles. The van der Waals surface area contributed by atoms with E-state index in [2.05, 4.69) is 0 Å². The van der Waals surface area contributed by atoms with Gasteiger partial charge in [0.25, 0.3) is 5.91 Å². The molecule has 1 N–H and O–H groups in total. The van der Waals surface area contributed by atoms with Crippen molar-refractivity contribution in [3.63, 3.8) is 0 Å². The van der Waals surface area contributed by atoms with Crippen molar-refractivity contribution >= 4 is 46.3 Å². The molecule has 0 bridgehead atoms. The fourth-order valence-electron chi connectivity index (χ4n) is 2.14. The Morgan fingerprint density at radius 3 is 2.64 bits per heavy atom. The smallest absolute Gasteiger partial charge is 0.344 e. The standard InChI is InChI=1S/C17H19NO5S2/c1-4-11(16(20)21)23-12-7-6-10(8-13(12)22-5-2)9-14-15(19)18(3)17(24)25-14/h6-9,11H,4-5H2,1-3H3,(H,20,21)/b14-9+. The first-order valence-corrected chi connectivity index (χ1v) is 8.97. The number of thioether (sulfide) groups is 1. The number of carboxylic acid groups (broad SMARTS) is 1. The van der Waals surface area contributed by atoms with E-state index in [4.69, 9.17) is 26.8 Å². The molecule has 1 aromatic rings. The zero-order valence-electron chi connectivity index (χ0n) is 14.1. The molecule has 1 aliphatic heterocycles. The van der Waals surface area contributed by atoms with E-state index in [-0.39, 0.29) is 5.91 Å². The lowest BCUT2D eigenvalue weighted by Crippen LogP contribution is -2.26. The molecule has 1 amide bonds. The van der Waals surface area contributed by atoms with Gasteiger partial charge in [-0.3, -0.25) is 9.69 Å². The molecule has 6 nitrogen and oxygen atoms in total. The van der Waals surface area contributed by atoms with Gasteiger partial charge in [-0.05, 0) is 37.1 Å². The Morgan fingerprint density at radius 1 is 1.40 bits per heavy atom. The lowest BCUT2D eigenvalue weighted by Gasteiger charge is -2.17. The molecule has 1 unspecified atom stereocenters. The van der Waals surface area contributed by atoms with Gasteiger partial charge in [0.2, 0.25) is 0 Å². The second kappa shape index (κ2) is 8.35. The highest BCUT2D eigenvalue weighted by Gasteiger charge is 2.28. The number of hydrogen-bond donors (Lipinski definition) is 1. The summed E-state index contributed by atoms with van der Waals surface area (Å²) in [6.07, 6.45) is 1.12. The van der Waals surface area contributed by atoms with Crippen LogP contribution in [0.5, 0.6) is 11.5 Å². The third kappa shape index (κ3) is 4.52. The largest absolute Gasteiger partial charge is 0.490 e. The topological polar surface area (TPSA) is 76.1 Å². The number of carbonyl (C=O) groups is 2. The molecule has 0 aromatic heterocycles. The molecule has 0 saturated carbocycles. The van der Waals surface area contributed by atoms with E-state index in [1.807, 2.05) is 6.92 Å². The highest BCUT2D eigenvalue weighted by Crippen LogP contribution is 2.34. The molecule has 1 saturated heterocycles. The summed E-state index contributed by atoms with van der Waals surface area (Å²) in [4.78, 5) is 25.2. The highest BCUT2D eigenvalue weighted by atomic mass is 32.2. The molecule has 1 atom stereocenters. The van der Waals surface area contributed by atoms with Crippen LogP contribution in [-0.2, 0) is 9.59 Å². The number of likely N-dealkylation sites (N-methyl/N-ethyl adjacent to an activating group) is 1. The average molecular weight is 381 g/mol. The predicted octanol–water partition coefficient (Wildman–Crippen LogP) is 3.16. The summed E-state index contributed by atoms with van der Waals surface area (Å²) in [5.74, 6) is -0.384. The lowest BCUT2D eigenvalue weighted by molar-refractivity contribution is -0.145. The van der Waals surface area contributed by atoms with Crippen molar-refractivity contribution in [3.05, 3.63) is 28.7 Å². The van der Waals surface area contributed by atoms with Crippen LogP contribution in [0.3, 0.4) is 0 Å². The zero-order chi connectivity index (χ0) is 18.6. The van der Waals surface area contributed by atoms with Gasteiger partial charge < -0.3 is 14.6 Å². The fraction of sp³-hybridized carbons (Fsp3) is 0.353. The van der Waals surface area contributed by atoms with Crippen molar-refractivity contribution < 1.29 is 24.2 Å². The van der Waals surface area contributed by atoms with Crippen molar-refractivity contribution in [1.29, 1.82) is 0 Å². The second-order valence-corrected chi connectivity index (χ2v) is 6.91. The molecule has 0 radical (unpaired) electrons. The van der Waals surface area contributed by atoms with Gasteiger partial charge in [0.15, 0.2) is 17.6 Å². The van der Waals surface area contributed by atoms with Gasteiger partial charge in [0.05, 0.1) is 11.5 Å². The van der Waals surface area contributed by atoms with Crippen LogP contribution in [0.1, 0.15) is 25.8 Å². The summed E-state index contributed by atoms with van der Waals surface area (Å²) in [5, 5.41) is 9.15. The summed E-state index contributed by atoms with van der Waals surface area (Å²) < 4.78 is 11.6. The molecule has 1 heterocycles. The van der Waals surface area contributed by atoms with Crippen LogP contribution in [0.25, 0.3) is 6.08 Å². The number of nitrogens with zero attached hydrogens (tertiary/aromatic N) is 1. The number of aliphatic carboxylic acids is 1. The van der Waals surface area contributed by atoms with E-state index in [0.29, 0.717) is 33.8 Å². The van der Waals surface area contributed by atoms with Crippen LogP contribution in [0, 0.1) is 0 Å². The van der Waals surface area contributed by atoms with E-state index in [1.54, 1.807) is 38.2 Å². The zero-order valence-corrected chi connectivity index (χ0v) is 15.8. The van der Waals surface area contributed by atoms with Crippen LogP contribution in [0.4, 0.5) is 0 Å². The van der Waals surface area contributed by atoms with E-state index in [9.17, 15) is 9.59 Å². The Labute approximate surface area is 155 Å². The average Bonchev–Trinajstić information content (AvgIpc) is 2.81. The molecule has 0 spiro atoms. The number of benzene rings is 1. The monoisotopic (exact) mass is 381 g/mol. The normalized spacial score (nSPS) is 17.1. The number of thiocarbonyl (C=S) groups is 1. The van der Waals surface area contributed by atoms with Gasteiger partial charge in [-0.2, -0.15) is 0 Å². The van der Waals surface area contributed by atoms with Crippen LogP contribution in [0.2, 0.25) is 0 Å². The fourth-order valence-corrected chi connectivity index (χ4v) is 3.32. The number of ether oxygens (including phenoxy) is 2. The first kappa shape index (κ1) is 19.3. The van der Waals surface area contributed by atoms with Gasteiger partial charge in [0.1, 0.15) is 4.32 Å². The van der Waals surface area contributed by atoms with Crippen molar-refractivity contribution in [2.75, 3.05) is 13.7 Å². The molecular weight excluding hydrogens is 362 g/mol. The molecule has 1 aliphatic rings. The third-order valence-corrected chi connectivity index (χ3v) is 4.95. The minimum absolute atomic E-state index is 0.148. The summed E-state index contributed by atoms with van der Waals surface area (Å²) in [7, 11) is 1.64. The Morgan fingerprint density at radius 2 is 2.12 bits per heavy atom. The molecular formula is C17H19NO5S2. The Kier molecular flexibility index (Phi) is 6.44. The summed E-state index contributed by atoms with van der Waals surface area (Å²) in [6.45, 7) is 3.97. The summed E-state index contributed by atoms with van der Waals surface area (Å²) in [6, 6.07) is 5.11. The van der Waals surface area contributed by atoms with Gasteiger partial charge in [-0.25, -0.2) is 4.79 Å². The van der Waals surface area contributed by atoms with Crippen LogP contribution in [-0.4, -0.2) is 46.0 Å². The lowest BCUT2D eigenvalue weighted by atomic mass is 10.1. The van der Waals surface area contributed by atoms with E-state index >= 15 is 0 Å². The Hall–Kier alpha value is -2.06. The van der Waals surface area contributed by atoms with E-state index < -0.39 is 12.1 Å². The molecule has 25 heavy (non-hydrogen) atoms. The Bertz CT molecular complexity index is 732. The van der Waals surface area contributed by atoms with Gasteiger partial charge in [0, 0.05) is 7.05 Å². The van der Waals surface area contributed by atoms with E-state index in [1.165, 1.54) is 16.7 Å². The minimum Gasteiger partial charge on any atom is -0.490 e. The maximum absolute atomic E-state index is 12.1. The van der Waals surface area contributed by atoms with Crippen molar-refractivity contribution in [2.24, 2.45) is 0 Å². The summed E-state index contributed by atoms with van der Waals surface area (Å²) in [5.41, 5.74) is 0.744. The first-order valence-electron chi connectivity index (χ1n) is 7.75. The molecule has 8 heteroatoms. The predicted molar refractivity (Wildman–Crippen MR) is 101 cm³/mol. The van der Waals surface area contributed by atoms with Crippen LogP contribution in [0.15, 0.2) is 23.1 Å². The Balaban J connectivity index is 2.31. The molecule has 2 rings (SSSR count). The maximum Gasteiger partial charge on any atom is 0.344 e. The van der Waals surface area contributed by atoms with Crippen LogP contribution >= 0.6 is 24.0 Å². The van der Waals surface area contributed by atoms with E-state index in [0.717, 1.165) is 5.56 Å². The maximum atomic E-state index is 12.1. The van der Waals surface area contributed by atoms with Gasteiger partial charge in [-0.15, -0.1) is 0 Å². The van der Waals surface area contributed by atoms with Crippen LogP contribution < -0.4 is 9.47 Å². The van der Waals surface area contributed by atoms with Gasteiger partial charge >= 0.3 is 5.97 Å². The number of rotatable bonds is 7.